The first-order chi connectivity index (χ1) is 10.3. The minimum atomic E-state index is -3.19. The van der Waals surface area contributed by atoms with Gasteiger partial charge in [-0.05, 0) is 59.7 Å². The maximum Gasteiger partial charge on any atom is 0.321 e. The Morgan fingerprint density at radius 3 is 2.59 bits per heavy atom. The molecule has 0 saturated carbocycles. The van der Waals surface area contributed by atoms with E-state index in [-0.39, 0.29) is 6.03 Å². The smallest absolute Gasteiger partial charge is 0.321 e. The summed E-state index contributed by atoms with van der Waals surface area (Å²) >= 11 is 2.23. The van der Waals surface area contributed by atoms with Crippen LogP contribution in [-0.4, -0.2) is 56.1 Å². The predicted octanol–water partition coefficient (Wildman–Crippen LogP) is 2.10. The third-order valence-electron chi connectivity index (χ3n) is 3.64. The van der Waals surface area contributed by atoms with Crippen LogP contribution >= 0.6 is 22.6 Å². The number of nitrogens with one attached hydrogen (secondary N) is 1. The van der Waals surface area contributed by atoms with Crippen LogP contribution in [0.5, 0.6) is 0 Å². The quantitative estimate of drug-likeness (QED) is 0.721. The first-order valence-corrected chi connectivity index (χ1v) is 9.97. The second kappa shape index (κ2) is 7.14. The van der Waals surface area contributed by atoms with E-state index in [4.69, 9.17) is 0 Å². The Labute approximate surface area is 145 Å². The van der Waals surface area contributed by atoms with E-state index in [1.54, 1.807) is 4.90 Å². The summed E-state index contributed by atoms with van der Waals surface area (Å²) in [4.78, 5) is 14.0. The molecule has 1 fully saturated rings. The highest BCUT2D eigenvalue weighted by Crippen LogP contribution is 2.18. The zero-order valence-electron chi connectivity index (χ0n) is 12.7. The molecule has 0 atom stereocenters. The van der Waals surface area contributed by atoms with Crippen LogP contribution < -0.4 is 5.32 Å². The molecule has 1 saturated heterocycles. The molecule has 0 bridgehead atoms. The summed E-state index contributed by atoms with van der Waals surface area (Å²) in [5.41, 5.74) is 1.79. The Hall–Kier alpha value is -0.870. The molecule has 0 spiro atoms. The first kappa shape index (κ1) is 17.5. The number of hydrogen-bond acceptors (Lipinski definition) is 3. The van der Waals surface area contributed by atoms with Crippen LogP contribution in [0.3, 0.4) is 0 Å². The highest BCUT2D eigenvalue weighted by atomic mass is 127. The summed E-state index contributed by atoms with van der Waals surface area (Å²) < 4.78 is 25.7. The van der Waals surface area contributed by atoms with Crippen molar-refractivity contribution in [3.63, 3.8) is 0 Å². The number of benzene rings is 1. The van der Waals surface area contributed by atoms with Crippen molar-refractivity contribution in [2.24, 2.45) is 0 Å². The first-order valence-electron chi connectivity index (χ1n) is 7.04. The number of sulfonamides is 1. The third-order valence-corrected chi connectivity index (χ3v) is 5.62. The van der Waals surface area contributed by atoms with Crippen molar-refractivity contribution in [3.8, 4) is 0 Å². The lowest BCUT2D eigenvalue weighted by atomic mass is 10.2. The number of urea groups is 1. The van der Waals surface area contributed by atoms with Gasteiger partial charge in [-0.3, -0.25) is 0 Å². The van der Waals surface area contributed by atoms with E-state index in [2.05, 4.69) is 27.9 Å². The van der Waals surface area contributed by atoms with Gasteiger partial charge in [0.2, 0.25) is 10.0 Å². The summed E-state index contributed by atoms with van der Waals surface area (Å²) in [6.07, 6.45) is 1.85. The summed E-state index contributed by atoms with van der Waals surface area (Å²) in [7, 11) is -3.19. The number of halogens is 1. The molecule has 1 N–H and O–H groups in total. The lowest BCUT2D eigenvalue weighted by Gasteiger charge is -2.22. The Balaban J connectivity index is 2.01. The van der Waals surface area contributed by atoms with Crippen LogP contribution in [0.2, 0.25) is 0 Å². The minimum absolute atomic E-state index is 0.181. The Morgan fingerprint density at radius 2 is 1.95 bits per heavy atom. The van der Waals surface area contributed by atoms with Gasteiger partial charge in [0, 0.05) is 35.4 Å². The van der Waals surface area contributed by atoms with Crippen molar-refractivity contribution in [1.29, 1.82) is 0 Å². The summed E-state index contributed by atoms with van der Waals surface area (Å²) in [6, 6.07) is 5.65. The van der Waals surface area contributed by atoms with Crippen LogP contribution in [-0.2, 0) is 10.0 Å². The van der Waals surface area contributed by atoms with Gasteiger partial charge in [-0.25, -0.2) is 17.5 Å². The fourth-order valence-electron chi connectivity index (χ4n) is 2.39. The zero-order valence-corrected chi connectivity index (χ0v) is 15.6. The standard InChI is InChI=1S/C14H20IN3O3S/c1-11-10-12(15)4-5-13(11)16-14(19)17-6-3-7-18(9-8-17)22(2,20)21/h4-5,10H,3,6-9H2,1-2H3,(H,16,19). The highest BCUT2D eigenvalue weighted by Gasteiger charge is 2.23. The maximum atomic E-state index is 12.4. The fraction of sp³-hybridized carbons (Fsp3) is 0.500. The number of nitrogens with zero attached hydrogens (tertiary/aromatic N) is 2. The number of rotatable bonds is 2. The van der Waals surface area contributed by atoms with Crippen molar-refractivity contribution in [2.75, 3.05) is 37.8 Å². The Morgan fingerprint density at radius 1 is 1.23 bits per heavy atom. The molecule has 122 valence electrons. The monoisotopic (exact) mass is 437 g/mol. The molecular formula is C14H20IN3O3S. The van der Waals surface area contributed by atoms with Crippen molar-refractivity contribution in [1.82, 2.24) is 9.21 Å². The third kappa shape index (κ3) is 4.56. The average Bonchev–Trinajstić information content (AvgIpc) is 2.67. The number of carbonyl (C=O) groups excluding carboxylic acids is 1. The van der Waals surface area contributed by atoms with E-state index in [9.17, 15) is 13.2 Å². The predicted molar refractivity (Wildman–Crippen MR) is 95.5 cm³/mol. The van der Waals surface area contributed by atoms with Crippen molar-refractivity contribution in [3.05, 3.63) is 27.3 Å². The van der Waals surface area contributed by atoms with Crippen LogP contribution in [0.25, 0.3) is 0 Å². The average molecular weight is 437 g/mol. The normalized spacial score (nSPS) is 17.1. The van der Waals surface area contributed by atoms with Crippen LogP contribution in [0.4, 0.5) is 10.5 Å². The van der Waals surface area contributed by atoms with Crippen LogP contribution in [0, 0.1) is 10.5 Å². The SMILES string of the molecule is Cc1cc(I)ccc1NC(=O)N1CCCN(S(C)(=O)=O)CC1. The highest BCUT2D eigenvalue weighted by molar-refractivity contribution is 14.1. The van der Waals surface area contributed by atoms with E-state index >= 15 is 0 Å². The number of aryl methyl sites for hydroxylation is 1. The lowest BCUT2D eigenvalue weighted by Crippen LogP contribution is -2.39. The largest absolute Gasteiger partial charge is 0.323 e. The molecule has 0 aromatic heterocycles. The molecule has 2 amide bonds. The molecular weight excluding hydrogens is 417 g/mol. The van der Waals surface area contributed by atoms with Gasteiger partial charge < -0.3 is 10.2 Å². The zero-order chi connectivity index (χ0) is 16.3. The molecule has 1 aliphatic rings. The molecule has 1 aliphatic heterocycles. The molecule has 1 aromatic carbocycles. The van der Waals surface area contributed by atoms with Gasteiger partial charge in [0.15, 0.2) is 0 Å². The Kier molecular flexibility index (Phi) is 5.67. The molecule has 0 unspecified atom stereocenters. The second-order valence-electron chi connectivity index (χ2n) is 5.39. The van der Waals surface area contributed by atoms with E-state index in [0.717, 1.165) is 14.8 Å². The fourth-order valence-corrected chi connectivity index (χ4v) is 3.91. The van der Waals surface area contributed by atoms with Gasteiger partial charge in [-0.15, -0.1) is 0 Å². The topological polar surface area (TPSA) is 69.7 Å². The molecule has 1 heterocycles. The van der Waals surface area contributed by atoms with Gasteiger partial charge in [-0.1, -0.05) is 0 Å². The van der Waals surface area contributed by atoms with E-state index in [0.29, 0.717) is 32.6 Å². The number of carbonyl (C=O) groups is 1. The molecule has 6 nitrogen and oxygen atoms in total. The number of anilines is 1. The number of amides is 2. The molecule has 0 aliphatic carbocycles. The molecule has 2 rings (SSSR count). The van der Waals surface area contributed by atoms with Crippen LogP contribution in [0.15, 0.2) is 18.2 Å². The van der Waals surface area contributed by atoms with Crippen LogP contribution in [0.1, 0.15) is 12.0 Å². The molecule has 8 heteroatoms. The molecule has 1 aromatic rings. The van der Waals surface area contributed by atoms with E-state index in [1.165, 1.54) is 10.6 Å². The Bertz CT molecular complexity index is 663. The van der Waals surface area contributed by atoms with Gasteiger partial charge in [0.05, 0.1) is 6.26 Å². The summed E-state index contributed by atoms with van der Waals surface area (Å²) in [5, 5.41) is 2.90. The van der Waals surface area contributed by atoms with E-state index in [1.807, 2.05) is 25.1 Å². The molecule has 22 heavy (non-hydrogen) atoms. The van der Waals surface area contributed by atoms with Gasteiger partial charge >= 0.3 is 6.03 Å². The van der Waals surface area contributed by atoms with Crippen molar-refractivity contribution < 1.29 is 13.2 Å². The lowest BCUT2D eigenvalue weighted by molar-refractivity contribution is 0.214. The second-order valence-corrected chi connectivity index (χ2v) is 8.62. The van der Waals surface area contributed by atoms with Gasteiger partial charge in [0.25, 0.3) is 0 Å². The summed E-state index contributed by atoms with van der Waals surface area (Å²) in [5.74, 6) is 0. The van der Waals surface area contributed by atoms with E-state index < -0.39 is 10.0 Å². The minimum Gasteiger partial charge on any atom is -0.323 e. The summed E-state index contributed by atoms with van der Waals surface area (Å²) in [6.45, 7) is 3.72. The van der Waals surface area contributed by atoms with Crippen molar-refractivity contribution >= 4 is 44.3 Å². The number of hydrogen-bond donors (Lipinski definition) is 1. The van der Waals surface area contributed by atoms with Gasteiger partial charge in [0.1, 0.15) is 0 Å². The maximum absolute atomic E-state index is 12.4. The van der Waals surface area contributed by atoms with Gasteiger partial charge in [-0.2, -0.15) is 0 Å². The van der Waals surface area contributed by atoms with Crippen molar-refractivity contribution in [2.45, 2.75) is 13.3 Å². The molecule has 0 radical (unpaired) electrons.